The number of fused-ring (bicyclic) bond motifs is 2. The Labute approximate surface area is 138 Å². The molecule has 2 bridgehead atoms. The Morgan fingerprint density at radius 2 is 1.96 bits per heavy atom. The zero-order valence-electron chi connectivity index (χ0n) is 13.8. The summed E-state index contributed by atoms with van der Waals surface area (Å²) in [5.41, 5.74) is 0.628. The van der Waals surface area contributed by atoms with Gasteiger partial charge in [-0.05, 0) is 56.1 Å². The van der Waals surface area contributed by atoms with Crippen molar-refractivity contribution in [1.29, 1.82) is 0 Å². The summed E-state index contributed by atoms with van der Waals surface area (Å²) >= 11 is 0. The topological polar surface area (TPSA) is 58.2 Å². The van der Waals surface area contributed by atoms with Gasteiger partial charge >= 0.3 is 0 Å². The summed E-state index contributed by atoms with van der Waals surface area (Å²) in [6.45, 7) is 2.51. The van der Waals surface area contributed by atoms with Gasteiger partial charge < -0.3 is 10.6 Å². The van der Waals surface area contributed by atoms with E-state index in [1.165, 1.54) is 25.7 Å². The second-order valence-corrected chi connectivity index (χ2v) is 7.07. The van der Waals surface area contributed by atoms with Crippen LogP contribution in [0.15, 0.2) is 30.3 Å². The molecule has 2 aliphatic rings. The Bertz CT molecular complexity index is 558. The lowest BCUT2D eigenvalue weighted by molar-refractivity contribution is -0.122. The summed E-state index contributed by atoms with van der Waals surface area (Å²) in [6.07, 6.45) is 5.69. The van der Waals surface area contributed by atoms with Crippen LogP contribution in [0, 0.1) is 17.8 Å². The summed E-state index contributed by atoms with van der Waals surface area (Å²) in [7, 11) is 0. The maximum atomic E-state index is 12.1. The normalized spacial score (nSPS) is 26.7. The van der Waals surface area contributed by atoms with E-state index >= 15 is 0 Å². The Hall–Kier alpha value is -1.84. The SMILES string of the molecule is C[C@H](NC(=O)CCNC(=O)c1ccccc1)[C@H]1C[C@H]2CC[C@H]1C2. The monoisotopic (exact) mass is 314 g/mol. The third kappa shape index (κ3) is 3.92. The Morgan fingerprint density at radius 3 is 2.61 bits per heavy atom. The molecule has 0 spiro atoms. The van der Waals surface area contributed by atoms with E-state index in [2.05, 4.69) is 17.6 Å². The van der Waals surface area contributed by atoms with Crippen molar-refractivity contribution in [3.8, 4) is 0 Å². The van der Waals surface area contributed by atoms with Gasteiger partial charge in [0.25, 0.3) is 5.91 Å². The molecule has 0 unspecified atom stereocenters. The van der Waals surface area contributed by atoms with Gasteiger partial charge in [-0.15, -0.1) is 0 Å². The van der Waals surface area contributed by atoms with Crippen LogP contribution in [-0.4, -0.2) is 24.4 Å². The first kappa shape index (κ1) is 16.0. The van der Waals surface area contributed by atoms with Gasteiger partial charge in [-0.3, -0.25) is 9.59 Å². The number of rotatable bonds is 6. The molecule has 0 aliphatic heterocycles. The Morgan fingerprint density at radius 1 is 1.17 bits per heavy atom. The third-order valence-electron chi connectivity index (χ3n) is 5.50. The Kier molecular flexibility index (Phi) is 4.99. The second-order valence-electron chi connectivity index (χ2n) is 7.07. The quantitative estimate of drug-likeness (QED) is 0.848. The van der Waals surface area contributed by atoms with E-state index in [-0.39, 0.29) is 17.9 Å². The third-order valence-corrected chi connectivity index (χ3v) is 5.50. The van der Waals surface area contributed by atoms with E-state index in [1.54, 1.807) is 12.1 Å². The molecule has 2 N–H and O–H groups in total. The molecule has 3 rings (SSSR count). The van der Waals surface area contributed by atoms with Gasteiger partial charge in [0.2, 0.25) is 5.91 Å². The smallest absolute Gasteiger partial charge is 0.251 e. The maximum Gasteiger partial charge on any atom is 0.251 e. The molecule has 0 aromatic heterocycles. The molecule has 0 saturated heterocycles. The van der Waals surface area contributed by atoms with Gasteiger partial charge in [0.05, 0.1) is 0 Å². The molecular weight excluding hydrogens is 288 g/mol. The van der Waals surface area contributed by atoms with E-state index in [1.807, 2.05) is 18.2 Å². The number of carbonyl (C=O) groups is 2. The highest BCUT2D eigenvalue weighted by Gasteiger charge is 2.42. The minimum atomic E-state index is -0.125. The van der Waals surface area contributed by atoms with Crippen LogP contribution in [0.3, 0.4) is 0 Å². The molecule has 4 nitrogen and oxygen atoms in total. The van der Waals surface area contributed by atoms with Crippen molar-refractivity contribution in [3.05, 3.63) is 35.9 Å². The van der Waals surface area contributed by atoms with Crippen molar-refractivity contribution in [2.24, 2.45) is 17.8 Å². The van der Waals surface area contributed by atoms with Crippen molar-refractivity contribution >= 4 is 11.8 Å². The van der Waals surface area contributed by atoms with Gasteiger partial charge in [0.1, 0.15) is 0 Å². The summed E-state index contributed by atoms with van der Waals surface area (Å²) < 4.78 is 0. The second kappa shape index (κ2) is 7.16. The highest BCUT2D eigenvalue weighted by atomic mass is 16.2. The predicted octanol–water partition coefficient (Wildman–Crippen LogP) is 2.75. The zero-order chi connectivity index (χ0) is 16.2. The average molecular weight is 314 g/mol. The largest absolute Gasteiger partial charge is 0.353 e. The number of nitrogens with one attached hydrogen (secondary N) is 2. The molecule has 2 amide bonds. The minimum Gasteiger partial charge on any atom is -0.353 e. The summed E-state index contributed by atoms with van der Waals surface area (Å²) in [6, 6.07) is 9.33. The zero-order valence-corrected chi connectivity index (χ0v) is 13.8. The van der Waals surface area contributed by atoms with Crippen molar-refractivity contribution in [1.82, 2.24) is 10.6 Å². The standard InChI is InChI=1S/C19H26N2O2/c1-13(17-12-14-7-8-16(17)11-14)21-18(22)9-10-20-19(23)15-5-3-2-4-6-15/h2-6,13-14,16-17H,7-12H2,1H3,(H,20,23)(H,21,22)/t13-,14-,16-,17+/m0/s1. The minimum absolute atomic E-state index is 0.0358. The number of carbonyl (C=O) groups excluding carboxylic acids is 2. The van der Waals surface area contributed by atoms with E-state index in [4.69, 9.17) is 0 Å². The molecule has 124 valence electrons. The lowest BCUT2D eigenvalue weighted by Crippen LogP contribution is -2.41. The number of benzene rings is 1. The molecule has 1 aromatic rings. The fourth-order valence-corrected chi connectivity index (χ4v) is 4.32. The van der Waals surface area contributed by atoms with Crippen LogP contribution < -0.4 is 10.6 Å². The molecule has 4 atom stereocenters. The van der Waals surface area contributed by atoms with Crippen molar-refractivity contribution in [2.45, 2.75) is 45.1 Å². The van der Waals surface area contributed by atoms with Crippen LogP contribution in [-0.2, 0) is 4.79 Å². The average Bonchev–Trinajstić information content (AvgIpc) is 3.18. The molecule has 0 heterocycles. The molecule has 2 fully saturated rings. The van der Waals surface area contributed by atoms with Crippen molar-refractivity contribution in [3.63, 3.8) is 0 Å². The van der Waals surface area contributed by atoms with Crippen molar-refractivity contribution < 1.29 is 9.59 Å². The maximum absolute atomic E-state index is 12.1. The number of hydrogen-bond donors (Lipinski definition) is 2. The van der Waals surface area contributed by atoms with Gasteiger partial charge in [0.15, 0.2) is 0 Å². The van der Waals surface area contributed by atoms with Crippen LogP contribution in [0.1, 0.15) is 49.4 Å². The highest BCUT2D eigenvalue weighted by Crippen LogP contribution is 2.49. The van der Waals surface area contributed by atoms with E-state index < -0.39 is 0 Å². The lowest BCUT2D eigenvalue weighted by atomic mass is 9.84. The van der Waals surface area contributed by atoms with Crippen LogP contribution in [0.2, 0.25) is 0 Å². The fourth-order valence-electron chi connectivity index (χ4n) is 4.32. The van der Waals surface area contributed by atoms with Crippen LogP contribution in [0.5, 0.6) is 0 Å². The summed E-state index contributed by atoms with van der Waals surface area (Å²) in [5.74, 6) is 2.27. The molecule has 2 saturated carbocycles. The fraction of sp³-hybridized carbons (Fsp3) is 0.579. The molecule has 0 radical (unpaired) electrons. The van der Waals surface area contributed by atoms with Crippen LogP contribution >= 0.6 is 0 Å². The molecular formula is C19H26N2O2. The van der Waals surface area contributed by atoms with Gasteiger partial charge in [-0.25, -0.2) is 0 Å². The first-order chi connectivity index (χ1) is 11.1. The van der Waals surface area contributed by atoms with Crippen molar-refractivity contribution in [2.75, 3.05) is 6.54 Å². The summed E-state index contributed by atoms with van der Waals surface area (Å²) in [5, 5.41) is 5.93. The molecule has 23 heavy (non-hydrogen) atoms. The van der Waals surface area contributed by atoms with E-state index in [9.17, 15) is 9.59 Å². The molecule has 4 heteroatoms. The first-order valence-electron chi connectivity index (χ1n) is 8.76. The van der Waals surface area contributed by atoms with Gasteiger partial charge in [-0.1, -0.05) is 24.6 Å². The Balaban J connectivity index is 1.37. The number of amides is 2. The van der Waals surface area contributed by atoms with Gasteiger partial charge in [0, 0.05) is 24.6 Å². The highest BCUT2D eigenvalue weighted by molar-refractivity contribution is 5.94. The number of hydrogen-bond acceptors (Lipinski definition) is 2. The summed E-state index contributed by atoms with van der Waals surface area (Å²) in [4.78, 5) is 24.0. The molecule has 2 aliphatic carbocycles. The van der Waals surface area contributed by atoms with E-state index in [0.29, 0.717) is 24.4 Å². The first-order valence-corrected chi connectivity index (χ1v) is 8.76. The predicted molar refractivity (Wildman–Crippen MR) is 89.9 cm³/mol. The van der Waals surface area contributed by atoms with Gasteiger partial charge in [-0.2, -0.15) is 0 Å². The molecule has 1 aromatic carbocycles. The van der Waals surface area contributed by atoms with E-state index in [0.717, 1.165) is 11.8 Å². The van der Waals surface area contributed by atoms with Crippen LogP contribution in [0.25, 0.3) is 0 Å². The lowest BCUT2D eigenvalue weighted by Gasteiger charge is -2.28. The van der Waals surface area contributed by atoms with Crippen LogP contribution in [0.4, 0.5) is 0 Å².